The van der Waals surface area contributed by atoms with Crippen molar-refractivity contribution in [2.24, 2.45) is 23.7 Å². The lowest BCUT2D eigenvalue weighted by atomic mass is 9.62. The lowest BCUT2D eigenvalue weighted by Gasteiger charge is -2.50. The van der Waals surface area contributed by atoms with Crippen LogP contribution in [0.4, 0.5) is 0 Å². The van der Waals surface area contributed by atoms with E-state index < -0.39 is 0 Å². The molecule has 2 aliphatic carbocycles. The molecule has 2 saturated heterocycles. The summed E-state index contributed by atoms with van der Waals surface area (Å²) < 4.78 is 0. The zero-order valence-corrected chi connectivity index (χ0v) is 9.02. The summed E-state index contributed by atoms with van der Waals surface area (Å²) in [6.07, 6.45) is 5.34. The second-order valence-electron chi connectivity index (χ2n) is 5.91. The first kappa shape index (κ1) is 9.17. The Morgan fingerprint density at radius 2 is 1.64 bits per heavy atom. The predicted octanol–water partition coefficient (Wildman–Crippen LogP) is 1.35. The van der Waals surface area contributed by atoms with Gasteiger partial charge in [-0.25, -0.2) is 0 Å². The van der Waals surface area contributed by atoms with Crippen molar-refractivity contribution in [3.8, 4) is 0 Å². The van der Waals surface area contributed by atoms with E-state index >= 15 is 0 Å². The van der Waals surface area contributed by atoms with Gasteiger partial charge in [0, 0.05) is 13.1 Å². The Hall–Kier alpha value is -0.0800. The zero-order chi connectivity index (χ0) is 9.71. The van der Waals surface area contributed by atoms with E-state index in [-0.39, 0.29) is 6.10 Å². The van der Waals surface area contributed by atoms with E-state index in [0.717, 1.165) is 18.4 Å². The minimum atomic E-state index is 0.0109. The van der Waals surface area contributed by atoms with Crippen molar-refractivity contribution in [2.45, 2.75) is 31.8 Å². The summed E-state index contributed by atoms with van der Waals surface area (Å²) in [4.78, 5) is 2.44. The molecule has 0 aromatic heterocycles. The maximum atomic E-state index is 10.2. The van der Waals surface area contributed by atoms with Crippen molar-refractivity contribution in [2.75, 3.05) is 20.1 Å². The first-order chi connectivity index (χ1) is 6.72. The quantitative estimate of drug-likeness (QED) is 0.630. The molecule has 0 aromatic carbocycles. The number of hydrogen-bond acceptors (Lipinski definition) is 2. The molecule has 0 aromatic rings. The third-order valence-corrected chi connectivity index (χ3v) is 4.66. The van der Waals surface area contributed by atoms with E-state index in [1.807, 2.05) is 0 Å². The van der Waals surface area contributed by atoms with Gasteiger partial charge in [-0.1, -0.05) is 0 Å². The van der Waals surface area contributed by atoms with Gasteiger partial charge in [0.2, 0.25) is 0 Å². The third-order valence-electron chi connectivity index (χ3n) is 4.66. The van der Waals surface area contributed by atoms with Gasteiger partial charge < -0.3 is 10.0 Å². The number of hydrogen-bond donors (Lipinski definition) is 1. The molecular weight excluding hydrogens is 174 g/mol. The van der Waals surface area contributed by atoms with Gasteiger partial charge in [-0.15, -0.1) is 0 Å². The largest absolute Gasteiger partial charge is 0.393 e. The molecule has 0 radical (unpaired) electrons. The molecule has 5 atom stereocenters. The molecule has 4 aliphatic rings. The normalized spacial score (nSPS) is 53.1. The number of aliphatic hydroxyl groups excluding tert-OH is 1. The fourth-order valence-electron chi connectivity index (χ4n) is 4.29. The molecule has 4 fully saturated rings. The Morgan fingerprint density at radius 3 is 2.50 bits per heavy atom. The van der Waals surface area contributed by atoms with Crippen molar-refractivity contribution in [1.29, 1.82) is 0 Å². The summed E-state index contributed by atoms with van der Waals surface area (Å²) in [5, 5.41) is 10.2. The van der Waals surface area contributed by atoms with E-state index in [9.17, 15) is 5.11 Å². The third kappa shape index (κ3) is 1.40. The van der Waals surface area contributed by atoms with E-state index in [2.05, 4.69) is 11.9 Å². The lowest BCUT2D eigenvalue weighted by molar-refractivity contribution is -0.0706. The van der Waals surface area contributed by atoms with Crippen LogP contribution in [0.15, 0.2) is 0 Å². The van der Waals surface area contributed by atoms with Gasteiger partial charge in [0.15, 0.2) is 0 Å². The molecule has 4 rings (SSSR count). The first-order valence-electron chi connectivity index (χ1n) is 6.09. The summed E-state index contributed by atoms with van der Waals surface area (Å²) in [5.74, 6) is 3.04. The fraction of sp³-hybridized carbons (Fsp3) is 1.00. The molecule has 2 heterocycles. The van der Waals surface area contributed by atoms with Crippen LogP contribution in [0.25, 0.3) is 0 Å². The van der Waals surface area contributed by atoms with Crippen molar-refractivity contribution < 1.29 is 5.11 Å². The van der Waals surface area contributed by atoms with Gasteiger partial charge in [-0.3, -0.25) is 0 Å². The topological polar surface area (TPSA) is 23.5 Å². The molecule has 2 aliphatic heterocycles. The van der Waals surface area contributed by atoms with Gasteiger partial charge in [0.25, 0.3) is 0 Å². The maximum absolute atomic E-state index is 10.2. The molecule has 1 N–H and O–H groups in total. The van der Waals surface area contributed by atoms with Crippen molar-refractivity contribution in [3.63, 3.8) is 0 Å². The van der Waals surface area contributed by atoms with Crippen LogP contribution in [0.5, 0.6) is 0 Å². The molecule has 2 nitrogen and oxygen atoms in total. The van der Waals surface area contributed by atoms with Crippen LogP contribution >= 0.6 is 0 Å². The minimum Gasteiger partial charge on any atom is -0.393 e. The number of fused-ring (bicyclic) bond motifs is 2. The molecule has 5 unspecified atom stereocenters. The summed E-state index contributed by atoms with van der Waals surface area (Å²) in [6, 6.07) is 0. The highest BCUT2D eigenvalue weighted by atomic mass is 16.3. The Balaban J connectivity index is 1.87. The van der Waals surface area contributed by atoms with Crippen LogP contribution in [0.1, 0.15) is 25.7 Å². The van der Waals surface area contributed by atoms with E-state index in [1.165, 1.54) is 32.2 Å². The van der Waals surface area contributed by atoms with Gasteiger partial charge >= 0.3 is 0 Å². The summed E-state index contributed by atoms with van der Waals surface area (Å²) in [5.41, 5.74) is 0. The van der Waals surface area contributed by atoms with Gasteiger partial charge in [0.05, 0.1) is 6.10 Å². The highest BCUT2D eigenvalue weighted by molar-refractivity contribution is 4.95. The van der Waals surface area contributed by atoms with Crippen LogP contribution in [0.3, 0.4) is 0 Å². The number of nitrogens with zero attached hydrogens (tertiary/aromatic N) is 1. The molecule has 80 valence electrons. The Labute approximate surface area is 86.3 Å². The average Bonchev–Trinajstić information content (AvgIpc) is 2.11. The molecule has 2 heteroatoms. The van der Waals surface area contributed by atoms with Crippen molar-refractivity contribution in [3.05, 3.63) is 0 Å². The second-order valence-corrected chi connectivity index (χ2v) is 5.91. The Kier molecular flexibility index (Phi) is 2.10. The van der Waals surface area contributed by atoms with Crippen LogP contribution in [0.2, 0.25) is 0 Å². The summed E-state index contributed by atoms with van der Waals surface area (Å²) >= 11 is 0. The molecule has 14 heavy (non-hydrogen) atoms. The Morgan fingerprint density at radius 1 is 0.929 bits per heavy atom. The highest BCUT2D eigenvalue weighted by Crippen LogP contribution is 2.46. The van der Waals surface area contributed by atoms with Gasteiger partial charge in [-0.05, 0) is 56.4 Å². The van der Waals surface area contributed by atoms with E-state index in [4.69, 9.17) is 0 Å². The van der Waals surface area contributed by atoms with Crippen LogP contribution in [0, 0.1) is 23.7 Å². The molecule has 0 spiro atoms. The zero-order valence-electron chi connectivity index (χ0n) is 9.02. The Bertz CT molecular complexity index is 226. The summed E-state index contributed by atoms with van der Waals surface area (Å²) in [7, 11) is 2.22. The van der Waals surface area contributed by atoms with E-state index in [1.54, 1.807) is 0 Å². The smallest absolute Gasteiger partial charge is 0.0609 e. The molecule has 2 saturated carbocycles. The molecule has 0 amide bonds. The number of aliphatic hydroxyl groups is 1. The molecular formula is C12H21NO. The SMILES string of the molecule is CN1CC2CC3CC(C2)C(O)C(C3)C1. The van der Waals surface area contributed by atoms with E-state index in [0.29, 0.717) is 11.8 Å². The van der Waals surface area contributed by atoms with Gasteiger partial charge in [0.1, 0.15) is 0 Å². The maximum Gasteiger partial charge on any atom is 0.0609 e. The van der Waals surface area contributed by atoms with Crippen LogP contribution in [-0.2, 0) is 0 Å². The minimum absolute atomic E-state index is 0.0109. The standard InChI is InChI=1S/C12H21NO/c1-13-6-9-2-8-3-10(5-9)12(14)11(4-8)7-13/h8-12,14H,2-7H2,1H3. The predicted molar refractivity (Wildman–Crippen MR) is 55.9 cm³/mol. The van der Waals surface area contributed by atoms with Crippen LogP contribution in [-0.4, -0.2) is 36.2 Å². The van der Waals surface area contributed by atoms with Crippen molar-refractivity contribution >= 4 is 0 Å². The fourth-order valence-corrected chi connectivity index (χ4v) is 4.29. The number of rotatable bonds is 0. The highest BCUT2D eigenvalue weighted by Gasteiger charge is 2.44. The summed E-state index contributed by atoms with van der Waals surface area (Å²) in [6.45, 7) is 2.40. The second kappa shape index (κ2) is 3.21. The van der Waals surface area contributed by atoms with Crippen molar-refractivity contribution in [1.82, 2.24) is 4.90 Å². The van der Waals surface area contributed by atoms with Crippen LogP contribution < -0.4 is 0 Å². The molecule has 4 bridgehead atoms. The lowest BCUT2D eigenvalue weighted by Crippen LogP contribution is -2.50. The average molecular weight is 195 g/mol. The van der Waals surface area contributed by atoms with Gasteiger partial charge in [-0.2, -0.15) is 0 Å². The first-order valence-corrected chi connectivity index (χ1v) is 6.09. The monoisotopic (exact) mass is 195 g/mol.